The van der Waals surface area contributed by atoms with Gasteiger partial charge in [-0.1, -0.05) is 30.3 Å². The van der Waals surface area contributed by atoms with Crippen molar-refractivity contribution in [1.29, 1.82) is 0 Å². The normalized spacial score (nSPS) is 17.6. The summed E-state index contributed by atoms with van der Waals surface area (Å²) in [5, 5.41) is 11.6. The number of hydrogen-bond acceptors (Lipinski definition) is 6. The number of benzene rings is 2. The number of likely N-dealkylation sites (N-methyl/N-ethyl adjacent to an activating group) is 1. The summed E-state index contributed by atoms with van der Waals surface area (Å²) < 4.78 is 10.8. The van der Waals surface area contributed by atoms with Gasteiger partial charge in [0.15, 0.2) is 0 Å². The van der Waals surface area contributed by atoms with Gasteiger partial charge in [-0.05, 0) is 43.7 Å². The molecule has 4 atom stereocenters. The van der Waals surface area contributed by atoms with Crippen LogP contribution in [0.1, 0.15) is 40.9 Å². The van der Waals surface area contributed by atoms with Gasteiger partial charge in [0.2, 0.25) is 11.8 Å². The molecule has 9 nitrogen and oxygen atoms in total. The highest BCUT2D eigenvalue weighted by atomic mass is 16.5. The molecule has 0 saturated heterocycles. The van der Waals surface area contributed by atoms with Crippen LogP contribution in [0.2, 0.25) is 0 Å². The Morgan fingerprint density at radius 3 is 2.31 bits per heavy atom. The standard InChI is InChI=1S/C27H32N4O5/c1-6-10-19(29-25(32)16(2)28-3)26(33)31-24-18-12-8-7-11-17(18)15-20(24)30-27(34)23-21(35-4)13-9-14-22(23)36-5/h1,7-9,11-14,16,19-20,24,28H,10,15H2,2-5H3,(H,29,32)(H,30,34)(H,31,33). The average Bonchev–Trinajstić information content (AvgIpc) is 3.23. The summed E-state index contributed by atoms with van der Waals surface area (Å²) in [6.45, 7) is 1.69. The molecule has 0 radical (unpaired) electrons. The van der Waals surface area contributed by atoms with Crippen molar-refractivity contribution in [1.82, 2.24) is 21.3 Å². The number of amides is 3. The number of nitrogens with one attached hydrogen (secondary N) is 4. The van der Waals surface area contributed by atoms with Crippen LogP contribution in [0.5, 0.6) is 11.5 Å². The molecule has 0 aromatic heterocycles. The average molecular weight is 493 g/mol. The fourth-order valence-electron chi connectivity index (χ4n) is 4.23. The molecule has 1 aliphatic rings. The SMILES string of the molecule is C#CCC(NC(=O)C(C)NC)C(=O)NC1c2ccccc2CC1NC(=O)c1c(OC)cccc1OC. The Balaban J connectivity index is 1.85. The predicted octanol–water partition coefficient (Wildman–Crippen LogP) is 1.33. The second-order valence-electron chi connectivity index (χ2n) is 8.49. The molecule has 0 heterocycles. The van der Waals surface area contributed by atoms with Gasteiger partial charge in [-0.15, -0.1) is 12.3 Å². The third-order valence-corrected chi connectivity index (χ3v) is 6.28. The third kappa shape index (κ3) is 5.78. The maximum absolute atomic E-state index is 13.4. The van der Waals surface area contributed by atoms with Crippen molar-refractivity contribution in [2.45, 2.75) is 43.9 Å². The minimum Gasteiger partial charge on any atom is -0.496 e. The molecule has 9 heteroatoms. The van der Waals surface area contributed by atoms with E-state index in [1.54, 1.807) is 32.2 Å². The molecular formula is C27H32N4O5. The number of ether oxygens (including phenoxy) is 2. The van der Waals surface area contributed by atoms with Crippen molar-refractivity contribution >= 4 is 17.7 Å². The van der Waals surface area contributed by atoms with E-state index >= 15 is 0 Å². The monoisotopic (exact) mass is 492 g/mol. The highest BCUT2D eigenvalue weighted by molar-refractivity contribution is 6.00. The topological polar surface area (TPSA) is 118 Å². The fourth-order valence-corrected chi connectivity index (χ4v) is 4.23. The molecule has 36 heavy (non-hydrogen) atoms. The van der Waals surface area contributed by atoms with E-state index in [1.807, 2.05) is 24.3 Å². The number of carbonyl (C=O) groups is 3. The molecule has 4 N–H and O–H groups in total. The maximum Gasteiger partial charge on any atom is 0.259 e. The summed E-state index contributed by atoms with van der Waals surface area (Å²) in [6.07, 6.45) is 6.00. The number of fused-ring (bicyclic) bond motifs is 1. The zero-order chi connectivity index (χ0) is 26.2. The summed E-state index contributed by atoms with van der Waals surface area (Å²) in [5.41, 5.74) is 2.15. The van der Waals surface area contributed by atoms with Crippen LogP contribution in [0.4, 0.5) is 0 Å². The van der Waals surface area contributed by atoms with Crippen LogP contribution in [0, 0.1) is 12.3 Å². The highest BCUT2D eigenvalue weighted by Crippen LogP contribution is 2.33. The Hall–Kier alpha value is -4.03. The quantitative estimate of drug-likeness (QED) is 0.372. The Morgan fingerprint density at radius 1 is 1.03 bits per heavy atom. The molecule has 0 aliphatic heterocycles. The Labute approximate surface area is 211 Å². The van der Waals surface area contributed by atoms with Gasteiger partial charge >= 0.3 is 0 Å². The predicted molar refractivity (Wildman–Crippen MR) is 136 cm³/mol. The first-order valence-electron chi connectivity index (χ1n) is 11.7. The molecule has 0 saturated carbocycles. The minimum absolute atomic E-state index is 0.0256. The summed E-state index contributed by atoms with van der Waals surface area (Å²) in [7, 11) is 4.61. The lowest BCUT2D eigenvalue weighted by Crippen LogP contribution is -2.53. The van der Waals surface area contributed by atoms with Gasteiger partial charge in [0.1, 0.15) is 23.1 Å². The zero-order valence-electron chi connectivity index (χ0n) is 20.9. The van der Waals surface area contributed by atoms with Crippen molar-refractivity contribution in [3.05, 3.63) is 59.2 Å². The largest absolute Gasteiger partial charge is 0.496 e. The van der Waals surface area contributed by atoms with E-state index < -0.39 is 36.0 Å². The molecular weight excluding hydrogens is 460 g/mol. The van der Waals surface area contributed by atoms with Crippen molar-refractivity contribution < 1.29 is 23.9 Å². The molecule has 2 aromatic rings. The van der Waals surface area contributed by atoms with E-state index in [1.165, 1.54) is 14.2 Å². The number of hydrogen-bond donors (Lipinski definition) is 4. The van der Waals surface area contributed by atoms with Crippen LogP contribution in [-0.2, 0) is 16.0 Å². The zero-order valence-corrected chi connectivity index (χ0v) is 20.9. The molecule has 3 amide bonds. The molecule has 0 bridgehead atoms. The van der Waals surface area contributed by atoms with Crippen molar-refractivity contribution in [3.8, 4) is 23.8 Å². The fraction of sp³-hybridized carbons (Fsp3) is 0.370. The number of carbonyl (C=O) groups excluding carboxylic acids is 3. The Kier molecular flexibility index (Phi) is 8.92. The molecule has 0 fully saturated rings. The second-order valence-corrected chi connectivity index (χ2v) is 8.49. The number of rotatable bonds is 10. The third-order valence-electron chi connectivity index (χ3n) is 6.28. The summed E-state index contributed by atoms with van der Waals surface area (Å²) in [4.78, 5) is 39.0. The van der Waals surface area contributed by atoms with Crippen LogP contribution in [0.15, 0.2) is 42.5 Å². The van der Waals surface area contributed by atoms with Gasteiger partial charge in [-0.2, -0.15) is 0 Å². The first-order valence-corrected chi connectivity index (χ1v) is 11.7. The minimum atomic E-state index is -0.920. The van der Waals surface area contributed by atoms with Crippen molar-refractivity contribution in [2.75, 3.05) is 21.3 Å². The first-order chi connectivity index (χ1) is 17.3. The van der Waals surface area contributed by atoms with E-state index in [4.69, 9.17) is 15.9 Å². The van der Waals surface area contributed by atoms with E-state index in [2.05, 4.69) is 27.2 Å². The van der Waals surface area contributed by atoms with Gasteiger partial charge in [-0.25, -0.2) is 0 Å². The molecule has 0 spiro atoms. The molecule has 190 valence electrons. The number of terminal acetylenes is 1. The highest BCUT2D eigenvalue weighted by Gasteiger charge is 2.37. The molecule has 3 rings (SSSR count). The van der Waals surface area contributed by atoms with Crippen LogP contribution in [0.3, 0.4) is 0 Å². The van der Waals surface area contributed by atoms with E-state index in [9.17, 15) is 14.4 Å². The van der Waals surface area contributed by atoms with E-state index in [-0.39, 0.29) is 17.9 Å². The summed E-state index contributed by atoms with van der Waals surface area (Å²) in [6, 6.07) is 10.4. The summed E-state index contributed by atoms with van der Waals surface area (Å²) >= 11 is 0. The van der Waals surface area contributed by atoms with Crippen LogP contribution in [0.25, 0.3) is 0 Å². The molecule has 4 unspecified atom stereocenters. The van der Waals surface area contributed by atoms with E-state index in [0.29, 0.717) is 17.9 Å². The first kappa shape index (κ1) is 26.6. The van der Waals surface area contributed by atoms with Crippen LogP contribution < -0.4 is 30.7 Å². The smallest absolute Gasteiger partial charge is 0.259 e. The summed E-state index contributed by atoms with van der Waals surface area (Å²) in [5.74, 6) is 2.04. The number of methoxy groups -OCH3 is 2. The lowest BCUT2D eigenvalue weighted by Gasteiger charge is -2.26. The van der Waals surface area contributed by atoms with Gasteiger partial charge in [-0.3, -0.25) is 14.4 Å². The molecule has 2 aromatic carbocycles. The lowest BCUT2D eigenvalue weighted by atomic mass is 10.0. The van der Waals surface area contributed by atoms with Gasteiger partial charge in [0.05, 0.1) is 32.3 Å². The Bertz CT molecular complexity index is 1140. The van der Waals surface area contributed by atoms with Crippen molar-refractivity contribution in [2.24, 2.45) is 0 Å². The van der Waals surface area contributed by atoms with Gasteiger partial charge in [0, 0.05) is 6.42 Å². The maximum atomic E-state index is 13.4. The van der Waals surface area contributed by atoms with Gasteiger partial charge in [0.25, 0.3) is 5.91 Å². The van der Waals surface area contributed by atoms with Gasteiger partial charge < -0.3 is 30.7 Å². The van der Waals surface area contributed by atoms with E-state index in [0.717, 1.165) is 11.1 Å². The van der Waals surface area contributed by atoms with Crippen LogP contribution >= 0.6 is 0 Å². The Morgan fingerprint density at radius 2 is 1.69 bits per heavy atom. The van der Waals surface area contributed by atoms with Crippen LogP contribution in [-0.4, -0.2) is 57.1 Å². The second kappa shape index (κ2) is 12.1. The lowest BCUT2D eigenvalue weighted by molar-refractivity contribution is -0.130. The molecule has 1 aliphatic carbocycles. The van der Waals surface area contributed by atoms with Crippen molar-refractivity contribution in [3.63, 3.8) is 0 Å².